The number of amides is 1. The number of quaternary nitrogens is 1. The number of carbonyl (C=O) groups excluding carboxylic acids is 1. The van der Waals surface area contributed by atoms with Gasteiger partial charge < -0.3 is 19.7 Å². The second-order valence-corrected chi connectivity index (χ2v) is 7.37. The number of anilines is 1. The first-order valence-electron chi connectivity index (χ1n) is 9.49. The highest BCUT2D eigenvalue weighted by molar-refractivity contribution is 6.14. The molecular formula is C22H25N2O3+. The number of nitrogens with one attached hydrogen (secondary N) is 2. The molecule has 3 aromatic rings. The van der Waals surface area contributed by atoms with Gasteiger partial charge in [0.25, 0.3) is 5.91 Å². The summed E-state index contributed by atoms with van der Waals surface area (Å²) in [5, 5.41) is 14.3. The van der Waals surface area contributed by atoms with Crippen molar-refractivity contribution < 1.29 is 19.2 Å². The average Bonchev–Trinajstić information content (AvgIpc) is 3.26. The molecule has 1 aromatic heterocycles. The van der Waals surface area contributed by atoms with Crippen molar-refractivity contribution in [2.45, 2.75) is 33.2 Å². The molecule has 0 spiro atoms. The number of aryl methyl sites for hydroxylation is 2. The molecule has 2 aromatic carbocycles. The topological polar surface area (TPSA) is 66.9 Å². The van der Waals surface area contributed by atoms with Crippen LogP contribution in [-0.2, 0) is 6.54 Å². The van der Waals surface area contributed by atoms with Crippen LogP contribution in [0.15, 0.2) is 40.8 Å². The second kappa shape index (κ2) is 7.08. The lowest BCUT2D eigenvalue weighted by Gasteiger charge is -2.14. The zero-order valence-electron chi connectivity index (χ0n) is 15.8. The highest BCUT2D eigenvalue weighted by Gasteiger charge is 2.26. The largest absolute Gasteiger partial charge is 0.507 e. The summed E-state index contributed by atoms with van der Waals surface area (Å²) in [6.07, 6.45) is 2.41. The molecule has 2 heterocycles. The summed E-state index contributed by atoms with van der Waals surface area (Å²) in [7, 11) is 0. The van der Waals surface area contributed by atoms with Crippen LogP contribution in [0.25, 0.3) is 11.0 Å². The van der Waals surface area contributed by atoms with Crippen molar-refractivity contribution in [1.29, 1.82) is 0 Å². The molecule has 1 amide bonds. The van der Waals surface area contributed by atoms with E-state index in [4.69, 9.17) is 4.42 Å². The maximum absolute atomic E-state index is 13.1. The van der Waals surface area contributed by atoms with Gasteiger partial charge in [-0.05, 0) is 37.6 Å². The number of likely N-dealkylation sites (tertiary alicyclic amines) is 1. The Bertz CT molecular complexity index is 1000. The van der Waals surface area contributed by atoms with Gasteiger partial charge >= 0.3 is 0 Å². The molecule has 0 atom stereocenters. The number of fused-ring (bicyclic) bond motifs is 1. The van der Waals surface area contributed by atoms with Crippen molar-refractivity contribution in [3.63, 3.8) is 0 Å². The molecule has 0 aliphatic carbocycles. The van der Waals surface area contributed by atoms with Crippen LogP contribution in [0, 0.1) is 13.8 Å². The number of carbonyl (C=O) groups is 1. The number of benzene rings is 2. The Morgan fingerprint density at radius 1 is 1.15 bits per heavy atom. The van der Waals surface area contributed by atoms with Gasteiger partial charge in [-0.15, -0.1) is 0 Å². The van der Waals surface area contributed by atoms with Crippen LogP contribution in [0.2, 0.25) is 0 Å². The lowest BCUT2D eigenvalue weighted by molar-refractivity contribution is -0.901. The van der Waals surface area contributed by atoms with Gasteiger partial charge in [0.2, 0.25) is 0 Å². The molecular weight excluding hydrogens is 340 g/mol. The van der Waals surface area contributed by atoms with E-state index in [1.54, 1.807) is 19.1 Å². The predicted molar refractivity (Wildman–Crippen MR) is 105 cm³/mol. The molecule has 27 heavy (non-hydrogen) atoms. The fourth-order valence-corrected chi connectivity index (χ4v) is 4.02. The summed E-state index contributed by atoms with van der Waals surface area (Å²) >= 11 is 0. The van der Waals surface area contributed by atoms with Gasteiger partial charge in [0, 0.05) is 23.9 Å². The van der Waals surface area contributed by atoms with Crippen LogP contribution in [0.3, 0.4) is 0 Å². The lowest BCUT2D eigenvalue weighted by atomic mass is 10.0. The number of furan rings is 1. The number of rotatable bonds is 4. The smallest absolute Gasteiger partial charge is 0.259 e. The van der Waals surface area contributed by atoms with E-state index < -0.39 is 0 Å². The van der Waals surface area contributed by atoms with Crippen LogP contribution in [0.5, 0.6) is 5.75 Å². The second-order valence-electron chi connectivity index (χ2n) is 7.37. The predicted octanol–water partition coefficient (Wildman–Crippen LogP) is 3.19. The monoisotopic (exact) mass is 365 g/mol. The molecule has 1 fully saturated rings. The van der Waals surface area contributed by atoms with Crippen molar-refractivity contribution in [1.82, 2.24) is 0 Å². The Hall–Kier alpha value is -2.79. The molecule has 0 radical (unpaired) electrons. The molecule has 140 valence electrons. The summed E-state index contributed by atoms with van der Waals surface area (Å²) < 4.78 is 5.87. The maximum Gasteiger partial charge on any atom is 0.259 e. The number of aromatic hydroxyl groups is 1. The first kappa shape index (κ1) is 17.6. The van der Waals surface area contributed by atoms with Crippen molar-refractivity contribution >= 4 is 22.6 Å². The first-order valence-corrected chi connectivity index (χ1v) is 9.49. The maximum atomic E-state index is 13.1. The van der Waals surface area contributed by atoms with E-state index in [1.165, 1.54) is 17.7 Å². The van der Waals surface area contributed by atoms with Crippen molar-refractivity contribution in [2.24, 2.45) is 0 Å². The Labute approximate surface area is 158 Å². The minimum absolute atomic E-state index is 0.205. The summed E-state index contributed by atoms with van der Waals surface area (Å²) in [6.45, 7) is 6.65. The number of phenols is 1. The van der Waals surface area contributed by atoms with Gasteiger partial charge in [0.15, 0.2) is 0 Å². The number of hydrogen-bond donors (Lipinski definition) is 3. The Morgan fingerprint density at radius 2 is 1.89 bits per heavy atom. The third kappa shape index (κ3) is 3.30. The van der Waals surface area contributed by atoms with Gasteiger partial charge in [0.05, 0.1) is 24.2 Å². The van der Waals surface area contributed by atoms with E-state index in [2.05, 4.69) is 5.32 Å². The lowest BCUT2D eigenvalue weighted by Crippen LogP contribution is -3.08. The third-order valence-electron chi connectivity index (χ3n) is 5.47. The summed E-state index contributed by atoms with van der Waals surface area (Å²) in [6, 6.07) is 11.1. The quantitative estimate of drug-likeness (QED) is 0.665. The molecule has 5 nitrogen and oxygen atoms in total. The minimum atomic E-state index is -0.205. The fraction of sp³-hybridized carbons (Fsp3) is 0.318. The highest BCUT2D eigenvalue weighted by atomic mass is 16.3. The van der Waals surface area contributed by atoms with Crippen LogP contribution < -0.4 is 10.2 Å². The molecule has 1 saturated heterocycles. The molecule has 5 heteroatoms. The summed E-state index contributed by atoms with van der Waals surface area (Å²) in [5.41, 5.74) is 3.74. The van der Waals surface area contributed by atoms with Gasteiger partial charge in [0.1, 0.15) is 23.6 Å². The van der Waals surface area contributed by atoms with Gasteiger partial charge in [-0.3, -0.25) is 4.79 Å². The Balaban J connectivity index is 1.77. The average molecular weight is 365 g/mol. The van der Waals surface area contributed by atoms with Gasteiger partial charge in [-0.25, -0.2) is 0 Å². The van der Waals surface area contributed by atoms with Gasteiger partial charge in [-0.1, -0.05) is 18.2 Å². The first-order chi connectivity index (χ1) is 13.0. The zero-order chi connectivity index (χ0) is 19.0. The van der Waals surface area contributed by atoms with Crippen molar-refractivity contribution in [3.05, 3.63) is 58.8 Å². The third-order valence-corrected chi connectivity index (χ3v) is 5.47. The highest BCUT2D eigenvalue weighted by Crippen LogP contribution is 2.34. The molecule has 1 aliphatic heterocycles. The van der Waals surface area contributed by atoms with Crippen LogP contribution >= 0.6 is 0 Å². The molecule has 3 N–H and O–H groups in total. The van der Waals surface area contributed by atoms with E-state index >= 15 is 0 Å². The molecule has 0 saturated carbocycles. The summed E-state index contributed by atoms with van der Waals surface area (Å²) in [4.78, 5) is 14.5. The zero-order valence-corrected chi connectivity index (χ0v) is 15.8. The number of phenolic OH excluding ortho intramolecular Hbond substituents is 1. The SMILES string of the molecule is Cc1ccccc1NC(=O)c1c(C)oc2ccc(O)c(C[NH+]3CCCC3)c12. The van der Waals surface area contributed by atoms with Crippen LogP contribution in [-0.4, -0.2) is 24.1 Å². The molecule has 1 aliphatic rings. The van der Waals surface area contributed by atoms with E-state index in [-0.39, 0.29) is 11.7 Å². The van der Waals surface area contributed by atoms with Crippen molar-refractivity contribution in [2.75, 3.05) is 18.4 Å². The minimum Gasteiger partial charge on any atom is -0.507 e. The van der Waals surface area contributed by atoms with E-state index in [0.717, 1.165) is 35.3 Å². The Morgan fingerprint density at radius 3 is 2.63 bits per heavy atom. The molecule has 4 rings (SSSR count). The van der Waals surface area contributed by atoms with Crippen LogP contribution in [0.4, 0.5) is 5.69 Å². The van der Waals surface area contributed by atoms with E-state index in [9.17, 15) is 9.90 Å². The fourth-order valence-electron chi connectivity index (χ4n) is 4.02. The standard InChI is InChI=1S/C22H24N2O3/c1-14-7-3-4-8-17(14)23-22(26)20-15(2)27-19-10-9-18(25)16(21(19)20)13-24-11-5-6-12-24/h3-4,7-10,25H,5-6,11-13H2,1-2H3,(H,23,26)/p+1. The van der Waals surface area contributed by atoms with Crippen LogP contribution in [0.1, 0.15) is 40.1 Å². The van der Waals surface area contributed by atoms with E-state index in [0.29, 0.717) is 23.5 Å². The molecule has 0 unspecified atom stereocenters. The Kier molecular flexibility index (Phi) is 4.62. The molecule has 0 bridgehead atoms. The van der Waals surface area contributed by atoms with Gasteiger partial charge in [-0.2, -0.15) is 0 Å². The number of para-hydroxylation sites is 1. The van der Waals surface area contributed by atoms with E-state index in [1.807, 2.05) is 31.2 Å². The van der Waals surface area contributed by atoms with Crippen molar-refractivity contribution in [3.8, 4) is 5.75 Å². The number of hydrogen-bond acceptors (Lipinski definition) is 3. The normalized spacial score (nSPS) is 14.7. The summed E-state index contributed by atoms with van der Waals surface area (Å²) in [5.74, 6) is 0.593.